The summed E-state index contributed by atoms with van der Waals surface area (Å²) in [5.74, 6) is 1.92. The van der Waals surface area contributed by atoms with Crippen LogP contribution in [0.1, 0.15) is 44.2 Å². The van der Waals surface area contributed by atoms with Crippen LogP contribution in [0, 0.1) is 0 Å². The number of benzene rings is 1. The van der Waals surface area contributed by atoms with Gasteiger partial charge < -0.3 is 19.9 Å². The lowest BCUT2D eigenvalue weighted by Crippen LogP contribution is -2.11. The van der Waals surface area contributed by atoms with Crippen LogP contribution in [0.5, 0.6) is 17.2 Å². The van der Waals surface area contributed by atoms with Crippen molar-refractivity contribution >= 4 is 12.4 Å². The second kappa shape index (κ2) is 9.72. The van der Waals surface area contributed by atoms with E-state index in [0.29, 0.717) is 17.2 Å². The summed E-state index contributed by atoms with van der Waals surface area (Å²) in [6.07, 6.45) is 4.50. The van der Waals surface area contributed by atoms with Gasteiger partial charge in [-0.15, -0.1) is 12.4 Å². The Morgan fingerprint density at radius 2 is 1.55 bits per heavy atom. The first-order valence-corrected chi connectivity index (χ1v) is 6.73. The molecule has 0 aliphatic heterocycles. The highest BCUT2D eigenvalue weighted by atomic mass is 35.5. The molecule has 0 unspecified atom stereocenters. The van der Waals surface area contributed by atoms with Crippen LogP contribution in [0.4, 0.5) is 0 Å². The highest BCUT2D eigenvalue weighted by Crippen LogP contribution is 2.39. The van der Waals surface area contributed by atoms with Crippen LogP contribution < -0.4 is 19.9 Å². The summed E-state index contributed by atoms with van der Waals surface area (Å²) in [5.41, 5.74) is 7.24. The molecule has 0 amide bonds. The summed E-state index contributed by atoms with van der Waals surface area (Å²) in [7, 11) is 4.83. The zero-order valence-corrected chi connectivity index (χ0v) is 13.6. The van der Waals surface area contributed by atoms with Crippen LogP contribution in [0.15, 0.2) is 12.1 Å². The molecule has 0 radical (unpaired) electrons. The smallest absolute Gasteiger partial charge is 0.203 e. The number of hydrogen-bond acceptors (Lipinski definition) is 4. The highest BCUT2D eigenvalue weighted by molar-refractivity contribution is 5.85. The molecule has 4 nitrogen and oxygen atoms in total. The SMILES string of the molecule is CCCCC[C@H](N)c1cc(OC)c(OC)c(OC)c1.Cl. The quantitative estimate of drug-likeness (QED) is 0.744. The zero-order chi connectivity index (χ0) is 14.3. The third-order valence-corrected chi connectivity index (χ3v) is 3.23. The van der Waals surface area contributed by atoms with E-state index in [9.17, 15) is 0 Å². The predicted octanol–water partition coefficient (Wildman–Crippen LogP) is 3.71. The normalized spacial score (nSPS) is 11.4. The number of halogens is 1. The Morgan fingerprint density at radius 3 is 1.95 bits per heavy atom. The number of ether oxygens (including phenoxy) is 3. The summed E-state index contributed by atoms with van der Waals surface area (Å²) in [4.78, 5) is 0. The largest absolute Gasteiger partial charge is 0.493 e. The number of nitrogens with two attached hydrogens (primary N) is 1. The van der Waals surface area contributed by atoms with Gasteiger partial charge in [-0.05, 0) is 24.1 Å². The lowest BCUT2D eigenvalue weighted by atomic mass is 10.0. The molecule has 20 heavy (non-hydrogen) atoms. The molecule has 1 aromatic carbocycles. The van der Waals surface area contributed by atoms with Gasteiger partial charge in [-0.3, -0.25) is 0 Å². The van der Waals surface area contributed by atoms with E-state index in [1.807, 2.05) is 12.1 Å². The van der Waals surface area contributed by atoms with E-state index in [0.717, 1.165) is 18.4 Å². The second-order valence-electron chi connectivity index (χ2n) is 4.56. The molecule has 0 heterocycles. The standard InChI is InChI=1S/C15H25NO3.ClH/c1-5-6-7-8-12(16)11-9-13(17-2)15(19-4)14(10-11)18-3;/h9-10,12H,5-8,16H2,1-4H3;1H/t12-;/m0./s1. The molecule has 0 aliphatic rings. The van der Waals surface area contributed by atoms with E-state index in [2.05, 4.69) is 6.92 Å². The minimum atomic E-state index is 0. The molecular weight excluding hydrogens is 278 g/mol. The van der Waals surface area contributed by atoms with Crippen LogP contribution in [-0.2, 0) is 0 Å². The lowest BCUT2D eigenvalue weighted by molar-refractivity contribution is 0.323. The molecule has 0 saturated carbocycles. The van der Waals surface area contributed by atoms with Gasteiger partial charge in [0.25, 0.3) is 0 Å². The first-order chi connectivity index (χ1) is 9.17. The average molecular weight is 304 g/mol. The zero-order valence-electron chi connectivity index (χ0n) is 12.8. The molecule has 0 bridgehead atoms. The Balaban J connectivity index is 0.00000361. The Labute approximate surface area is 128 Å². The highest BCUT2D eigenvalue weighted by Gasteiger charge is 2.16. The van der Waals surface area contributed by atoms with Gasteiger partial charge in [-0.2, -0.15) is 0 Å². The number of methoxy groups -OCH3 is 3. The molecule has 5 heteroatoms. The van der Waals surface area contributed by atoms with Crippen LogP contribution in [0.3, 0.4) is 0 Å². The van der Waals surface area contributed by atoms with Crippen molar-refractivity contribution in [1.82, 2.24) is 0 Å². The van der Waals surface area contributed by atoms with Crippen molar-refractivity contribution in [2.45, 2.75) is 38.6 Å². The summed E-state index contributed by atoms with van der Waals surface area (Å²) >= 11 is 0. The van der Waals surface area contributed by atoms with Gasteiger partial charge in [-0.1, -0.05) is 26.2 Å². The van der Waals surface area contributed by atoms with Crippen molar-refractivity contribution in [3.8, 4) is 17.2 Å². The van der Waals surface area contributed by atoms with Crippen molar-refractivity contribution in [2.75, 3.05) is 21.3 Å². The van der Waals surface area contributed by atoms with Crippen LogP contribution in [0.2, 0.25) is 0 Å². The topological polar surface area (TPSA) is 53.7 Å². The monoisotopic (exact) mass is 303 g/mol. The molecular formula is C15H26ClNO3. The molecule has 1 aromatic rings. The van der Waals surface area contributed by atoms with Crippen molar-refractivity contribution in [3.63, 3.8) is 0 Å². The Hall–Kier alpha value is -1.13. The van der Waals surface area contributed by atoms with E-state index >= 15 is 0 Å². The number of unbranched alkanes of at least 4 members (excludes halogenated alkanes) is 2. The van der Waals surface area contributed by atoms with Gasteiger partial charge in [0, 0.05) is 6.04 Å². The van der Waals surface area contributed by atoms with Crippen LogP contribution >= 0.6 is 12.4 Å². The van der Waals surface area contributed by atoms with E-state index in [4.69, 9.17) is 19.9 Å². The molecule has 2 N–H and O–H groups in total. The fourth-order valence-corrected chi connectivity index (χ4v) is 2.10. The minimum absolute atomic E-state index is 0. The summed E-state index contributed by atoms with van der Waals surface area (Å²) < 4.78 is 16.0. The average Bonchev–Trinajstić information content (AvgIpc) is 2.45. The summed E-state index contributed by atoms with van der Waals surface area (Å²) in [6.45, 7) is 2.19. The van der Waals surface area contributed by atoms with E-state index < -0.39 is 0 Å². The van der Waals surface area contributed by atoms with E-state index in [1.54, 1.807) is 21.3 Å². The molecule has 116 valence electrons. The van der Waals surface area contributed by atoms with Gasteiger partial charge in [0.2, 0.25) is 5.75 Å². The van der Waals surface area contributed by atoms with Crippen molar-refractivity contribution in [2.24, 2.45) is 5.73 Å². The van der Waals surface area contributed by atoms with Crippen molar-refractivity contribution in [3.05, 3.63) is 17.7 Å². The van der Waals surface area contributed by atoms with Crippen molar-refractivity contribution < 1.29 is 14.2 Å². The molecule has 0 spiro atoms. The molecule has 0 aliphatic carbocycles. The third kappa shape index (κ3) is 4.76. The summed E-state index contributed by atoms with van der Waals surface area (Å²) in [5, 5.41) is 0. The molecule has 1 atom stereocenters. The fourth-order valence-electron chi connectivity index (χ4n) is 2.10. The van der Waals surface area contributed by atoms with Gasteiger partial charge in [0.1, 0.15) is 0 Å². The van der Waals surface area contributed by atoms with Gasteiger partial charge in [-0.25, -0.2) is 0 Å². The maximum absolute atomic E-state index is 6.22. The molecule has 0 aromatic heterocycles. The first-order valence-electron chi connectivity index (χ1n) is 6.73. The van der Waals surface area contributed by atoms with Gasteiger partial charge >= 0.3 is 0 Å². The van der Waals surface area contributed by atoms with Gasteiger partial charge in [0.15, 0.2) is 11.5 Å². The van der Waals surface area contributed by atoms with Gasteiger partial charge in [0.05, 0.1) is 21.3 Å². The molecule has 1 rings (SSSR count). The fraction of sp³-hybridized carbons (Fsp3) is 0.600. The predicted molar refractivity (Wildman–Crippen MR) is 84.4 cm³/mol. The first kappa shape index (κ1) is 18.9. The second-order valence-corrected chi connectivity index (χ2v) is 4.56. The van der Waals surface area contributed by atoms with Crippen molar-refractivity contribution in [1.29, 1.82) is 0 Å². The molecule has 0 fully saturated rings. The van der Waals surface area contributed by atoms with E-state index in [-0.39, 0.29) is 18.4 Å². The number of hydrogen-bond donors (Lipinski definition) is 1. The number of rotatable bonds is 8. The Bertz CT molecular complexity index is 374. The third-order valence-electron chi connectivity index (χ3n) is 3.23. The van der Waals surface area contributed by atoms with Crippen LogP contribution in [-0.4, -0.2) is 21.3 Å². The maximum atomic E-state index is 6.22. The minimum Gasteiger partial charge on any atom is -0.493 e. The van der Waals surface area contributed by atoms with E-state index in [1.165, 1.54) is 12.8 Å². The molecule has 0 saturated heterocycles. The Morgan fingerprint density at radius 1 is 1.00 bits per heavy atom. The summed E-state index contributed by atoms with van der Waals surface area (Å²) in [6, 6.07) is 3.86. The van der Waals surface area contributed by atoms with Crippen LogP contribution in [0.25, 0.3) is 0 Å². The lowest BCUT2D eigenvalue weighted by Gasteiger charge is -2.17. The Kier molecular flexibility index (Phi) is 9.17. The maximum Gasteiger partial charge on any atom is 0.203 e.